The average Bonchev–Trinajstić information content (AvgIpc) is 3.19. The van der Waals surface area contributed by atoms with Crippen molar-refractivity contribution < 1.29 is 4.74 Å². The molecular formula is C15H20ClNO. The molecule has 0 aromatic heterocycles. The molecule has 0 atom stereocenters. The summed E-state index contributed by atoms with van der Waals surface area (Å²) in [4.78, 5) is 0. The minimum absolute atomic E-state index is 0.560. The van der Waals surface area contributed by atoms with Crippen LogP contribution >= 0.6 is 11.6 Å². The Morgan fingerprint density at radius 1 is 1.50 bits per heavy atom. The van der Waals surface area contributed by atoms with Crippen LogP contribution in [0.4, 0.5) is 0 Å². The molecular weight excluding hydrogens is 246 g/mol. The van der Waals surface area contributed by atoms with Crippen molar-refractivity contribution in [3.63, 3.8) is 0 Å². The summed E-state index contributed by atoms with van der Waals surface area (Å²) in [6.07, 6.45) is 3.51. The van der Waals surface area contributed by atoms with E-state index in [0.717, 1.165) is 34.9 Å². The zero-order valence-electron chi connectivity index (χ0n) is 10.8. The molecule has 2 rings (SSSR count). The quantitative estimate of drug-likeness (QED) is 0.761. The molecule has 98 valence electrons. The van der Waals surface area contributed by atoms with Crippen molar-refractivity contribution in [3.8, 4) is 5.75 Å². The zero-order chi connectivity index (χ0) is 13.0. The van der Waals surface area contributed by atoms with Crippen LogP contribution in [0.5, 0.6) is 5.75 Å². The number of hydrogen-bond donors (Lipinski definition) is 1. The highest BCUT2D eigenvalue weighted by Crippen LogP contribution is 2.23. The van der Waals surface area contributed by atoms with Gasteiger partial charge in [-0.25, -0.2) is 0 Å². The van der Waals surface area contributed by atoms with E-state index in [0.29, 0.717) is 12.6 Å². The highest BCUT2D eigenvalue weighted by molar-refractivity contribution is 6.31. The minimum atomic E-state index is 0.560. The highest BCUT2D eigenvalue weighted by atomic mass is 35.5. The van der Waals surface area contributed by atoms with Crippen LogP contribution in [0.2, 0.25) is 5.02 Å². The Labute approximate surface area is 114 Å². The van der Waals surface area contributed by atoms with Crippen molar-refractivity contribution in [1.82, 2.24) is 5.32 Å². The second-order valence-electron chi connectivity index (χ2n) is 4.80. The maximum absolute atomic E-state index is 6.07. The first kappa shape index (κ1) is 13.4. The SMILES string of the molecule is C=C(CNC1CC1)COc1ccc(Cl)c(CC)c1. The molecule has 1 aromatic carbocycles. The van der Waals surface area contributed by atoms with E-state index in [-0.39, 0.29) is 0 Å². The third kappa shape index (κ3) is 4.04. The molecule has 1 aliphatic carbocycles. The van der Waals surface area contributed by atoms with Crippen molar-refractivity contribution in [2.45, 2.75) is 32.2 Å². The van der Waals surface area contributed by atoms with E-state index in [2.05, 4.69) is 18.8 Å². The average molecular weight is 266 g/mol. The first-order chi connectivity index (χ1) is 8.69. The van der Waals surface area contributed by atoms with E-state index in [1.807, 2.05) is 18.2 Å². The van der Waals surface area contributed by atoms with Gasteiger partial charge in [-0.2, -0.15) is 0 Å². The van der Waals surface area contributed by atoms with E-state index in [1.165, 1.54) is 12.8 Å². The van der Waals surface area contributed by atoms with Gasteiger partial charge in [-0.05, 0) is 48.6 Å². The number of aryl methyl sites for hydroxylation is 1. The molecule has 18 heavy (non-hydrogen) atoms. The van der Waals surface area contributed by atoms with Crippen molar-refractivity contribution >= 4 is 11.6 Å². The fourth-order valence-corrected chi connectivity index (χ4v) is 1.98. The molecule has 0 aliphatic heterocycles. The van der Waals surface area contributed by atoms with E-state index >= 15 is 0 Å². The third-order valence-corrected chi connectivity index (χ3v) is 3.43. The normalized spacial score (nSPS) is 14.6. The monoisotopic (exact) mass is 265 g/mol. The minimum Gasteiger partial charge on any atom is -0.489 e. The van der Waals surface area contributed by atoms with Crippen molar-refractivity contribution in [1.29, 1.82) is 0 Å². The Morgan fingerprint density at radius 3 is 2.94 bits per heavy atom. The predicted molar refractivity (Wildman–Crippen MR) is 76.5 cm³/mol. The molecule has 0 bridgehead atoms. The molecule has 1 saturated carbocycles. The second kappa shape index (κ2) is 6.26. The number of benzene rings is 1. The lowest BCUT2D eigenvalue weighted by atomic mass is 10.1. The Kier molecular flexibility index (Phi) is 4.67. The topological polar surface area (TPSA) is 21.3 Å². The summed E-state index contributed by atoms with van der Waals surface area (Å²) in [7, 11) is 0. The van der Waals surface area contributed by atoms with Gasteiger partial charge in [-0.3, -0.25) is 0 Å². The molecule has 3 heteroatoms. The van der Waals surface area contributed by atoms with Gasteiger partial charge in [0.15, 0.2) is 0 Å². The highest BCUT2D eigenvalue weighted by Gasteiger charge is 2.20. The maximum atomic E-state index is 6.07. The Morgan fingerprint density at radius 2 is 2.28 bits per heavy atom. The van der Waals surface area contributed by atoms with Gasteiger partial charge in [-0.1, -0.05) is 25.1 Å². The smallest absolute Gasteiger partial charge is 0.120 e. The van der Waals surface area contributed by atoms with Gasteiger partial charge in [-0.15, -0.1) is 0 Å². The van der Waals surface area contributed by atoms with E-state index in [9.17, 15) is 0 Å². The van der Waals surface area contributed by atoms with Gasteiger partial charge in [0.1, 0.15) is 12.4 Å². The molecule has 0 spiro atoms. The summed E-state index contributed by atoms with van der Waals surface area (Å²) >= 11 is 6.07. The lowest BCUT2D eigenvalue weighted by Gasteiger charge is -2.11. The summed E-state index contributed by atoms with van der Waals surface area (Å²) in [5, 5.41) is 4.23. The van der Waals surface area contributed by atoms with Crippen molar-refractivity contribution in [2.24, 2.45) is 0 Å². The summed E-state index contributed by atoms with van der Waals surface area (Å²) < 4.78 is 5.72. The first-order valence-corrected chi connectivity index (χ1v) is 6.88. The van der Waals surface area contributed by atoms with Gasteiger partial charge < -0.3 is 10.1 Å². The van der Waals surface area contributed by atoms with Crippen LogP contribution < -0.4 is 10.1 Å². The molecule has 1 fully saturated rings. The van der Waals surface area contributed by atoms with E-state index in [1.54, 1.807) is 0 Å². The Bertz CT molecular complexity index is 427. The largest absolute Gasteiger partial charge is 0.489 e. The van der Waals surface area contributed by atoms with Gasteiger partial charge in [0.2, 0.25) is 0 Å². The number of hydrogen-bond acceptors (Lipinski definition) is 2. The van der Waals surface area contributed by atoms with Crippen molar-refractivity contribution in [2.75, 3.05) is 13.2 Å². The van der Waals surface area contributed by atoms with Gasteiger partial charge >= 0.3 is 0 Å². The Hall–Kier alpha value is -0.990. The summed E-state index contributed by atoms with van der Waals surface area (Å²) in [6.45, 7) is 7.51. The number of rotatable bonds is 7. The van der Waals surface area contributed by atoms with Crippen molar-refractivity contribution in [3.05, 3.63) is 40.9 Å². The fraction of sp³-hybridized carbons (Fsp3) is 0.467. The van der Waals surface area contributed by atoms with Crippen LogP contribution in [0, 0.1) is 0 Å². The van der Waals surface area contributed by atoms with Crippen LogP contribution in [0.25, 0.3) is 0 Å². The number of ether oxygens (including phenoxy) is 1. The molecule has 0 radical (unpaired) electrons. The summed E-state index contributed by atoms with van der Waals surface area (Å²) in [6, 6.07) is 6.51. The van der Waals surface area contributed by atoms with E-state index in [4.69, 9.17) is 16.3 Å². The molecule has 0 amide bonds. The first-order valence-electron chi connectivity index (χ1n) is 6.50. The number of halogens is 1. The van der Waals surface area contributed by atoms with Gasteiger partial charge in [0, 0.05) is 17.6 Å². The number of nitrogens with one attached hydrogen (secondary N) is 1. The summed E-state index contributed by atoms with van der Waals surface area (Å²) in [5.74, 6) is 0.865. The fourth-order valence-electron chi connectivity index (χ4n) is 1.72. The summed E-state index contributed by atoms with van der Waals surface area (Å²) in [5.41, 5.74) is 2.20. The van der Waals surface area contributed by atoms with Gasteiger partial charge in [0.05, 0.1) is 0 Å². The van der Waals surface area contributed by atoms with E-state index < -0.39 is 0 Å². The molecule has 0 saturated heterocycles. The van der Waals surface area contributed by atoms with Crippen LogP contribution in [0.15, 0.2) is 30.4 Å². The molecule has 0 unspecified atom stereocenters. The predicted octanol–water partition coefficient (Wildman–Crippen LogP) is 3.59. The molecule has 1 aliphatic rings. The maximum Gasteiger partial charge on any atom is 0.120 e. The van der Waals surface area contributed by atoms with Crippen LogP contribution in [0.3, 0.4) is 0 Å². The molecule has 1 aromatic rings. The molecule has 1 N–H and O–H groups in total. The van der Waals surface area contributed by atoms with Crippen LogP contribution in [-0.2, 0) is 6.42 Å². The second-order valence-corrected chi connectivity index (χ2v) is 5.21. The van der Waals surface area contributed by atoms with Crippen LogP contribution in [0.1, 0.15) is 25.3 Å². The third-order valence-electron chi connectivity index (χ3n) is 3.06. The zero-order valence-corrected chi connectivity index (χ0v) is 11.6. The van der Waals surface area contributed by atoms with Gasteiger partial charge in [0.25, 0.3) is 0 Å². The molecule has 2 nitrogen and oxygen atoms in total. The lowest BCUT2D eigenvalue weighted by molar-refractivity contribution is 0.348. The lowest BCUT2D eigenvalue weighted by Crippen LogP contribution is -2.21. The standard InChI is InChI=1S/C15H20ClNO/c1-3-12-8-14(6-7-15(12)16)18-10-11(2)9-17-13-4-5-13/h6-8,13,17H,2-5,9-10H2,1H3. The Balaban J connectivity index is 1.79. The molecule has 0 heterocycles. The van der Waals surface area contributed by atoms with Crippen LogP contribution in [-0.4, -0.2) is 19.2 Å².